The molecule has 5 nitrogen and oxygen atoms in total. The van der Waals surface area contributed by atoms with Crippen LogP contribution in [0.15, 0.2) is 18.3 Å². The number of hydrogen-bond acceptors (Lipinski definition) is 4. The highest BCUT2D eigenvalue weighted by Gasteiger charge is 2.26. The molecule has 1 atom stereocenters. The summed E-state index contributed by atoms with van der Waals surface area (Å²) in [5.74, 6) is 0.490. The Morgan fingerprint density at radius 2 is 2.24 bits per heavy atom. The monoisotopic (exact) mass is 236 g/mol. The van der Waals surface area contributed by atoms with Gasteiger partial charge < -0.3 is 16.8 Å². The first-order chi connectivity index (χ1) is 7.89. The number of carbonyl (C=O) groups is 1. The Morgan fingerprint density at radius 1 is 1.59 bits per heavy atom. The smallest absolute Gasteiger partial charge is 0.248 e. The zero-order chi connectivity index (χ0) is 13.1. The fourth-order valence-corrected chi connectivity index (χ4v) is 1.38. The fraction of sp³-hybridized carbons (Fsp3) is 0.500. The van der Waals surface area contributed by atoms with E-state index in [0.717, 1.165) is 0 Å². The number of aromatic nitrogens is 1. The third-order valence-electron chi connectivity index (χ3n) is 3.16. The Balaban J connectivity index is 2.94. The molecule has 5 N–H and O–H groups in total. The van der Waals surface area contributed by atoms with Crippen LogP contribution in [-0.4, -0.2) is 23.0 Å². The predicted octanol–water partition coefficient (Wildman–Crippen LogP) is 0.966. The molecule has 1 aromatic heterocycles. The number of nitrogens with one attached hydrogen (secondary N) is 1. The van der Waals surface area contributed by atoms with Crippen LogP contribution in [0.3, 0.4) is 0 Å². The average molecular weight is 236 g/mol. The molecule has 1 amide bonds. The molecule has 1 rings (SSSR count). The van der Waals surface area contributed by atoms with Crippen LogP contribution in [0.4, 0.5) is 5.82 Å². The lowest BCUT2D eigenvalue weighted by molar-refractivity contribution is 0.1000. The number of pyridine rings is 1. The summed E-state index contributed by atoms with van der Waals surface area (Å²) in [5.41, 5.74) is 11.2. The van der Waals surface area contributed by atoms with Gasteiger partial charge in [-0.3, -0.25) is 4.79 Å². The number of amides is 1. The number of primary amides is 1. The third-order valence-corrected chi connectivity index (χ3v) is 3.16. The predicted molar refractivity (Wildman–Crippen MR) is 68.7 cm³/mol. The van der Waals surface area contributed by atoms with Crippen molar-refractivity contribution >= 4 is 11.7 Å². The number of carbonyl (C=O) groups excluding carboxylic acids is 1. The first-order valence-electron chi connectivity index (χ1n) is 5.63. The molecule has 0 radical (unpaired) electrons. The minimum Gasteiger partial charge on any atom is -0.366 e. The lowest BCUT2D eigenvalue weighted by atomic mass is 9.88. The van der Waals surface area contributed by atoms with Gasteiger partial charge in [0.05, 0.1) is 5.54 Å². The molecule has 17 heavy (non-hydrogen) atoms. The lowest BCUT2D eigenvalue weighted by Gasteiger charge is -2.34. The van der Waals surface area contributed by atoms with Crippen molar-refractivity contribution in [3.05, 3.63) is 23.9 Å². The summed E-state index contributed by atoms with van der Waals surface area (Å²) < 4.78 is 0. The molecule has 0 aliphatic rings. The summed E-state index contributed by atoms with van der Waals surface area (Å²) >= 11 is 0. The maximum Gasteiger partial charge on any atom is 0.248 e. The second-order valence-corrected chi connectivity index (χ2v) is 4.70. The Hall–Kier alpha value is -1.62. The molecule has 94 valence electrons. The van der Waals surface area contributed by atoms with Crippen LogP contribution in [-0.2, 0) is 0 Å². The van der Waals surface area contributed by atoms with E-state index in [2.05, 4.69) is 24.1 Å². The van der Waals surface area contributed by atoms with Crippen molar-refractivity contribution < 1.29 is 4.79 Å². The maximum absolute atomic E-state index is 11.1. The molecule has 0 fully saturated rings. The van der Waals surface area contributed by atoms with Crippen molar-refractivity contribution in [2.45, 2.75) is 26.3 Å². The van der Waals surface area contributed by atoms with Crippen LogP contribution < -0.4 is 16.8 Å². The summed E-state index contributed by atoms with van der Waals surface area (Å²) in [7, 11) is 0. The lowest BCUT2D eigenvalue weighted by Crippen LogP contribution is -2.47. The average Bonchev–Trinajstić information content (AvgIpc) is 2.29. The molecule has 0 aliphatic heterocycles. The first kappa shape index (κ1) is 13.4. The van der Waals surface area contributed by atoms with E-state index in [1.807, 2.05) is 6.92 Å². The minimum atomic E-state index is -0.463. The van der Waals surface area contributed by atoms with Gasteiger partial charge in [-0.25, -0.2) is 4.98 Å². The van der Waals surface area contributed by atoms with Crippen LogP contribution in [0.2, 0.25) is 0 Å². The molecule has 0 aromatic carbocycles. The van der Waals surface area contributed by atoms with Crippen LogP contribution >= 0.6 is 0 Å². The zero-order valence-electron chi connectivity index (χ0n) is 10.5. The molecule has 0 bridgehead atoms. The van der Waals surface area contributed by atoms with Gasteiger partial charge in [0.2, 0.25) is 5.91 Å². The van der Waals surface area contributed by atoms with Crippen molar-refractivity contribution in [2.24, 2.45) is 17.4 Å². The van der Waals surface area contributed by atoms with Gasteiger partial charge >= 0.3 is 0 Å². The Morgan fingerprint density at radius 3 is 2.71 bits per heavy atom. The van der Waals surface area contributed by atoms with Gasteiger partial charge in [0.1, 0.15) is 5.82 Å². The highest BCUT2D eigenvalue weighted by molar-refractivity contribution is 5.93. The summed E-state index contributed by atoms with van der Waals surface area (Å²) in [4.78, 5) is 15.2. The maximum atomic E-state index is 11.1. The molecular weight excluding hydrogens is 216 g/mol. The van der Waals surface area contributed by atoms with Gasteiger partial charge in [-0.05, 0) is 25.0 Å². The molecule has 0 aliphatic carbocycles. The number of rotatable bonds is 5. The van der Waals surface area contributed by atoms with Gasteiger partial charge in [0, 0.05) is 18.3 Å². The Labute approximate surface area is 102 Å². The standard InChI is InChI=1S/C12H20N4O/c1-8(2)12(3,7-13)16-10-6-9(11(14)17)4-5-15-10/h4-6,8H,7,13H2,1-3H3,(H2,14,17)(H,15,16). The first-order valence-corrected chi connectivity index (χ1v) is 5.63. The van der Waals surface area contributed by atoms with Crippen molar-refractivity contribution in [3.8, 4) is 0 Å². The summed E-state index contributed by atoms with van der Waals surface area (Å²) in [6.07, 6.45) is 1.56. The topological polar surface area (TPSA) is 94.0 Å². The van der Waals surface area contributed by atoms with Crippen LogP contribution in [0.5, 0.6) is 0 Å². The highest BCUT2D eigenvalue weighted by Crippen LogP contribution is 2.21. The molecule has 0 spiro atoms. The van der Waals surface area contributed by atoms with Gasteiger partial charge in [-0.15, -0.1) is 0 Å². The second kappa shape index (κ2) is 5.14. The Bertz CT molecular complexity index is 405. The number of nitrogens with zero attached hydrogens (tertiary/aromatic N) is 1. The van der Waals surface area contributed by atoms with Crippen molar-refractivity contribution in [2.75, 3.05) is 11.9 Å². The molecule has 1 unspecified atom stereocenters. The largest absolute Gasteiger partial charge is 0.366 e. The van der Waals surface area contributed by atoms with E-state index in [1.54, 1.807) is 18.3 Å². The van der Waals surface area contributed by atoms with Crippen molar-refractivity contribution in [1.82, 2.24) is 4.98 Å². The molecule has 5 heteroatoms. The van der Waals surface area contributed by atoms with E-state index in [4.69, 9.17) is 11.5 Å². The third kappa shape index (κ3) is 3.17. The Kier molecular flexibility index (Phi) is 4.07. The van der Waals surface area contributed by atoms with E-state index in [1.165, 1.54) is 0 Å². The van der Waals surface area contributed by atoms with Crippen molar-refractivity contribution in [1.29, 1.82) is 0 Å². The summed E-state index contributed by atoms with van der Waals surface area (Å²) in [6, 6.07) is 3.22. The molecular formula is C12H20N4O. The van der Waals surface area contributed by atoms with E-state index in [9.17, 15) is 4.79 Å². The van der Waals surface area contributed by atoms with E-state index < -0.39 is 5.91 Å². The zero-order valence-corrected chi connectivity index (χ0v) is 10.5. The number of anilines is 1. The van der Waals surface area contributed by atoms with Crippen LogP contribution in [0.25, 0.3) is 0 Å². The normalized spacial score (nSPS) is 14.4. The van der Waals surface area contributed by atoms with Crippen LogP contribution in [0, 0.1) is 5.92 Å². The quantitative estimate of drug-likeness (QED) is 0.710. The number of hydrogen-bond donors (Lipinski definition) is 3. The molecule has 1 aromatic rings. The van der Waals surface area contributed by atoms with Gasteiger partial charge in [-0.2, -0.15) is 0 Å². The summed E-state index contributed by atoms with van der Waals surface area (Å²) in [6.45, 7) is 6.67. The van der Waals surface area contributed by atoms with Gasteiger partial charge in [0.15, 0.2) is 0 Å². The SMILES string of the molecule is CC(C)C(C)(CN)Nc1cc(C(N)=O)ccn1. The van der Waals surface area contributed by atoms with E-state index in [0.29, 0.717) is 23.8 Å². The van der Waals surface area contributed by atoms with Crippen molar-refractivity contribution in [3.63, 3.8) is 0 Å². The van der Waals surface area contributed by atoms with E-state index >= 15 is 0 Å². The molecule has 0 saturated heterocycles. The fourth-order valence-electron chi connectivity index (χ4n) is 1.38. The van der Waals surface area contributed by atoms with Crippen LogP contribution in [0.1, 0.15) is 31.1 Å². The van der Waals surface area contributed by atoms with Gasteiger partial charge in [-0.1, -0.05) is 13.8 Å². The molecule has 1 heterocycles. The summed E-state index contributed by atoms with van der Waals surface area (Å²) in [5, 5.41) is 3.26. The highest BCUT2D eigenvalue weighted by atomic mass is 16.1. The number of nitrogens with two attached hydrogens (primary N) is 2. The van der Waals surface area contributed by atoms with E-state index in [-0.39, 0.29) is 5.54 Å². The molecule has 0 saturated carbocycles. The second-order valence-electron chi connectivity index (χ2n) is 4.70. The van der Waals surface area contributed by atoms with Gasteiger partial charge in [0.25, 0.3) is 0 Å². The minimum absolute atomic E-state index is 0.261.